The van der Waals surface area contributed by atoms with Gasteiger partial charge >= 0.3 is 0 Å². The molecule has 2 aromatic rings. The molecule has 0 radical (unpaired) electrons. The Morgan fingerprint density at radius 3 is 2.94 bits per heavy atom. The van der Waals surface area contributed by atoms with Crippen LogP contribution in [0.2, 0.25) is 5.28 Å². The molecule has 0 amide bonds. The smallest absolute Gasteiger partial charge is 0.224 e. The van der Waals surface area contributed by atoms with E-state index in [1.165, 1.54) is 0 Å². The minimum atomic E-state index is 0.214. The molecule has 0 aromatic carbocycles. The second kappa shape index (κ2) is 5.19. The summed E-state index contributed by atoms with van der Waals surface area (Å²) < 4.78 is 5.29. The van der Waals surface area contributed by atoms with Gasteiger partial charge in [0.05, 0.1) is 6.26 Å². The fraction of sp³-hybridized carbons (Fsp3) is 0.333. The second-order valence-corrected chi connectivity index (χ2v) is 4.33. The van der Waals surface area contributed by atoms with Crippen LogP contribution in [0.3, 0.4) is 0 Å². The van der Waals surface area contributed by atoms with Crippen molar-refractivity contribution in [2.75, 3.05) is 5.32 Å². The summed E-state index contributed by atoms with van der Waals surface area (Å²) in [6.45, 7) is 3.95. The van der Waals surface area contributed by atoms with Gasteiger partial charge < -0.3 is 9.73 Å². The van der Waals surface area contributed by atoms with Crippen molar-refractivity contribution in [3.8, 4) is 0 Å². The molecule has 0 bridgehead atoms. The molecule has 1 atom stereocenters. The van der Waals surface area contributed by atoms with Crippen molar-refractivity contribution in [1.82, 2.24) is 9.97 Å². The average Bonchev–Trinajstić information content (AvgIpc) is 2.67. The molecule has 1 N–H and O–H groups in total. The molecule has 0 spiro atoms. The van der Waals surface area contributed by atoms with Crippen molar-refractivity contribution in [3.63, 3.8) is 0 Å². The highest BCUT2D eigenvalue weighted by Gasteiger charge is 2.07. The summed E-state index contributed by atoms with van der Waals surface area (Å²) in [4.78, 5) is 8.13. The summed E-state index contributed by atoms with van der Waals surface area (Å²) in [7, 11) is 0. The van der Waals surface area contributed by atoms with Gasteiger partial charge in [0, 0.05) is 24.2 Å². The molecular formula is C12H14ClN3O. The van der Waals surface area contributed by atoms with Crippen LogP contribution in [0.4, 0.5) is 5.82 Å². The van der Waals surface area contributed by atoms with Gasteiger partial charge in [-0.25, -0.2) is 9.97 Å². The van der Waals surface area contributed by atoms with Gasteiger partial charge in [0.2, 0.25) is 5.28 Å². The van der Waals surface area contributed by atoms with Crippen LogP contribution in [-0.2, 0) is 6.42 Å². The topological polar surface area (TPSA) is 51.0 Å². The van der Waals surface area contributed by atoms with Gasteiger partial charge in [0.25, 0.3) is 0 Å². The van der Waals surface area contributed by atoms with Crippen LogP contribution >= 0.6 is 11.6 Å². The predicted molar refractivity (Wildman–Crippen MR) is 67.3 cm³/mol. The maximum atomic E-state index is 5.80. The SMILES string of the molecule is Cc1cc(NC(C)Cc2ccco2)nc(Cl)n1. The number of hydrogen-bond donors (Lipinski definition) is 1. The van der Waals surface area contributed by atoms with E-state index >= 15 is 0 Å². The number of nitrogens with one attached hydrogen (secondary N) is 1. The highest BCUT2D eigenvalue weighted by atomic mass is 35.5. The van der Waals surface area contributed by atoms with Crippen molar-refractivity contribution in [1.29, 1.82) is 0 Å². The van der Waals surface area contributed by atoms with E-state index < -0.39 is 0 Å². The molecule has 0 saturated heterocycles. The Labute approximate surface area is 105 Å². The third-order valence-corrected chi connectivity index (χ3v) is 2.48. The third-order valence-electron chi connectivity index (χ3n) is 2.31. The molecule has 0 fully saturated rings. The quantitative estimate of drug-likeness (QED) is 0.849. The van der Waals surface area contributed by atoms with Crippen LogP contribution in [0.25, 0.3) is 0 Å². The number of halogens is 1. The lowest BCUT2D eigenvalue weighted by molar-refractivity contribution is 0.497. The normalized spacial score (nSPS) is 12.4. The van der Waals surface area contributed by atoms with Gasteiger partial charge in [0.1, 0.15) is 11.6 Å². The van der Waals surface area contributed by atoms with Gasteiger partial charge in [-0.3, -0.25) is 0 Å². The molecule has 2 rings (SSSR count). The number of nitrogens with zero attached hydrogens (tertiary/aromatic N) is 2. The van der Waals surface area contributed by atoms with E-state index in [2.05, 4.69) is 22.2 Å². The van der Waals surface area contributed by atoms with E-state index in [0.29, 0.717) is 0 Å². The zero-order valence-electron chi connectivity index (χ0n) is 9.77. The first kappa shape index (κ1) is 11.9. The van der Waals surface area contributed by atoms with Gasteiger partial charge in [-0.15, -0.1) is 0 Å². The fourth-order valence-corrected chi connectivity index (χ4v) is 1.86. The summed E-state index contributed by atoms with van der Waals surface area (Å²) in [5, 5.41) is 3.53. The van der Waals surface area contributed by atoms with Gasteiger partial charge in [-0.2, -0.15) is 0 Å². The molecule has 0 aliphatic carbocycles. The van der Waals surface area contributed by atoms with E-state index in [1.54, 1.807) is 6.26 Å². The van der Waals surface area contributed by atoms with E-state index in [9.17, 15) is 0 Å². The molecule has 0 aliphatic heterocycles. The number of rotatable bonds is 4. The van der Waals surface area contributed by atoms with Crippen LogP contribution in [0, 0.1) is 6.92 Å². The number of aryl methyl sites for hydroxylation is 1. The summed E-state index contributed by atoms with van der Waals surface area (Å²) in [6, 6.07) is 5.92. The van der Waals surface area contributed by atoms with E-state index in [1.807, 2.05) is 25.1 Å². The van der Waals surface area contributed by atoms with E-state index in [4.69, 9.17) is 16.0 Å². The van der Waals surface area contributed by atoms with Crippen molar-refractivity contribution >= 4 is 17.4 Å². The molecular weight excluding hydrogens is 238 g/mol. The summed E-state index contributed by atoms with van der Waals surface area (Å²) in [5.74, 6) is 1.68. The van der Waals surface area contributed by atoms with Crippen LogP contribution in [0.15, 0.2) is 28.9 Å². The maximum absolute atomic E-state index is 5.80. The molecule has 5 heteroatoms. The Kier molecular flexibility index (Phi) is 3.64. The Bertz CT molecular complexity index is 464. The number of hydrogen-bond acceptors (Lipinski definition) is 4. The minimum Gasteiger partial charge on any atom is -0.469 e. The van der Waals surface area contributed by atoms with Crippen LogP contribution in [-0.4, -0.2) is 16.0 Å². The molecule has 90 valence electrons. The number of aromatic nitrogens is 2. The van der Waals surface area contributed by atoms with Gasteiger partial charge in [-0.1, -0.05) is 0 Å². The van der Waals surface area contributed by atoms with Crippen LogP contribution in [0.5, 0.6) is 0 Å². The Balaban J connectivity index is 2.00. The van der Waals surface area contributed by atoms with E-state index in [-0.39, 0.29) is 11.3 Å². The zero-order chi connectivity index (χ0) is 12.3. The minimum absolute atomic E-state index is 0.214. The predicted octanol–water partition coefficient (Wildman–Crippen LogP) is 3.07. The summed E-state index contributed by atoms with van der Waals surface area (Å²) in [6.07, 6.45) is 2.47. The second-order valence-electron chi connectivity index (χ2n) is 3.99. The number of furan rings is 1. The summed E-state index contributed by atoms with van der Waals surface area (Å²) >= 11 is 5.80. The van der Waals surface area contributed by atoms with Crippen molar-refractivity contribution in [2.45, 2.75) is 26.3 Å². The third kappa shape index (κ3) is 3.46. The Morgan fingerprint density at radius 2 is 2.29 bits per heavy atom. The van der Waals surface area contributed by atoms with Gasteiger partial charge in [0.15, 0.2) is 0 Å². The summed E-state index contributed by atoms with van der Waals surface area (Å²) in [5.41, 5.74) is 0.845. The molecule has 1 unspecified atom stereocenters. The highest BCUT2D eigenvalue weighted by molar-refractivity contribution is 6.28. The first-order valence-electron chi connectivity index (χ1n) is 5.43. The lowest BCUT2D eigenvalue weighted by atomic mass is 10.2. The van der Waals surface area contributed by atoms with Gasteiger partial charge in [-0.05, 0) is 37.6 Å². The molecule has 2 heterocycles. The fourth-order valence-electron chi connectivity index (χ4n) is 1.64. The lowest BCUT2D eigenvalue weighted by Gasteiger charge is -2.13. The molecule has 0 aliphatic rings. The van der Waals surface area contributed by atoms with Crippen molar-refractivity contribution < 1.29 is 4.42 Å². The Hall–Kier alpha value is -1.55. The van der Waals surface area contributed by atoms with E-state index in [0.717, 1.165) is 23.7 Å². The standard InChI is InChI=1S/C12H14ClN3O/c1-8(6-10-4-3-5-17-10)14-11-7-9(2)15-12(13)16-11/h3-5,7-8H,6H2,1-2H3,(H,14,15,16). The average molecular weight is 252 g/mol. The first-order chi connectivity index (χ1) is 8.13. The Morgan fingerprint density at radius 1 is 1.47 bits per heavy atom. The molecule has 0 saturated carbocycles. The largest absolute Gasteiger partial charge is 0.469 e. The molecule has 4 nitrogen and oxygen atoms in total. The lowest BCUT2D eigenvalue weighted by Crippen LogP contribution is -2.18. The molecule has 2 aromatic heterocycles. The maximum Gasteiger partial charge on any atom is 0.224 e. The van der Waals surface area contributed by atoms with Crippen molar-refractivity contribution in [3.05, 3.63) is 41.2 Å². The van der Waals surface area contributed by atoms with Crippen LogP contribution in [0.1, 0.15) is 18.4 Å². The monoisotopic (exact) mass is 251 g/mol. The van der Waals surface area contributed by atoms with Crippen LogP contribution < -0.4 is 5.32 Å². The highest BCUT2D eigenvalue weighted by Crippen LogP contribution is 2.12. The first-order valence-corrected chi connectivity index (χ1v) is 5.81. The zero-order valence-corrected chi connectivity index (χ0v) is 10.5. The van der Waals surface area contributed by atoms with Crippen molar-refractivity contribution in [2.24, 2.45) is 0 Å². The molecule has 17 heavy (non-hydrogen) atoms. The number of anilines is 1.